The number of halogens is 1. The maximum absolute atomic E-state index is 2.42. The van der Waals surface area contributed by atoms with E-state index in [0.29, 0.717) is 0 Å². The minimum absolute atomic E-state index is 1.02. The van der Waals surface area contributed by atoms with Crippen molar-refractivity contribution < 1.29 is 0 Å². The van der Waals surface area contributed by atoms with Crippen LogP contribution >= 0.6 is 22.6 Å². The smallest absolute Gasteiger partial charge is 0.0487 e. The molecular formula is C13H19ISi. The molecule has 82 valence electrons. The van der Waals surface area contributed by atoms with Gasteiger partial charge in [-0.1, -0.05) is 66.5 Å². The van der Waals surface area contributed by atoms with Crippen LogP contribution in [0.2, 0.25) is 19.6 Å². The van der Waals surface area contributed by atoms with Gasteiger partial charge in [-0.3, -0.25) is 0 Å². The van der Waals surface area contributed by atoms with Crippen molar-refractivity contribution in [3.63, 3.8) is 0 Å². The molecule has 0 radical (unpaired) electrons. The Labute approximate surface area is 108 Å². The van der Waals surface area contributed by atoms with Crippen LogP contribution in [0.5, 0.6) is 0 Å². The van der Waals surface area contributed by atoms with Gasteiger partial charge in [-0.2, -0.15) is 0 Å². The third-order valence-corrected chi connectivity index (χ3v) is 4.70. The number of hydrogen-bond acceptors (Lipinski definition) is 0. The summed E-state index contributed by atoms with van der Waals surface area (Å²) in [6.07, 6.45) is 0. The summed E-state index contributed by atoms with van der Waals surface area (Å²) < 4.78 is 2.17. The summed E-state index contributed by atoms with van der Waals surface area (Å²) >= 11 is 2.32. The van der Waals surface area contributed by atoms with Crippen molar-refractivity contribution in [1.29, 1.82) is 0 Å². The van der Waals surface area contributed by atoms with E-state index in [9.17, 15) is 0 Å². The maximum atomic E-state index is 2.42. The van der Waals surface area contributed by atoms with Crippen molar-refractivity contribution in [2.75, 3.05) is 0 Å². The largest absolute Gasteiger partial charge is 0.0693 e. The Balaban J connectivity index is 3.07. The van der Waals surface area contributed by atoms with Crippen LogP contribution in [0, 0.1) is 0 Å². The van der Waals surface area contributed by atoms with Crippen LogP contribution in [0.25, 0.3) is 5.57 Å². The predicted octanol–water partition coefficient (Wildman–Crippen LogP) is 4.90. The van der Waals surface area contributed by atoms with Gasteiger partial charge in [0.25, 0.3) is 0 Å². The molecule has 0 saturated carbocycles. The quantitative estimate of drug-likeness (QED) is 0.546. The number of benzene rings is 1. The third kappa shape index (κ3) is 4.11. The van der Waals surface area contributed by atoms with E-state index in [-0.39, 0.29) is 0 Å². The van der Waals surface area contributed by atoms with Crippen LogP contribution < -0.4 is 0 Å². The van der Waals surface area contributed by atoms with Crippen molar-refractivity contribution in [3.8, 4) is 0 Å². The Morgan fingerprint density at radius 2 is 1.87 bits per heavy atom. The summed E-state index contributed by atoms with van der Waals surface area (Å²) in [5.74, 6) is 0. The summed E-state index contributed by atoms with van der Waals surface area (Å²) in [4.78, 5) is 0. The summed E-state index contributed by atoms with van der Waals surface area (Å²) in [5.41, 5.74) is 4.32. The van der Waals surface area contributed by atoms with Gasteiger partial charge in [-0.15, -0.1) is 0 Å². The van der Waals surface area contributed by atoms with E-state index < -0.39 is 8.07 Å². The van der Waals surface area contributed by atoms with Gasteiger partial charge in [0.2, 0.25) is 0 Å². The lowest BCUT2D eigenvalue weighted by molar-refractivity contribution is 1.28. The average molecular weight is 330 g/mol. The Bertz CT molecular complexity index is 361. The molecule has 1 aromatic rings. The van der Waals surface area contributed by atoms with Crippen molar-refractivity contribution in [2.24, 2.45) is 0 Å². The first-order chi connectivity index (χ1) is 6.94. The SMILES string of the molecule is C/C(=C\I)c1ccccc1C[Si](C)(C)C. The van der Waals surface area contributed by atoms with E-state index >= 15 is 0 Å². The molecule has 0 spiro atoms. The number of hydrogen-bond donors (Lipinski definition) is 0. The zero-order chi connectivity index (χ0) is 11.5. The van der Waals surface area contributed by atoms with Crippen molar-refractivity contribution in [1.82, 2.24) is 0 Å². The Morgan fingerprint density at radius 3 is 2.40 bits per heavy atom. The highest BCUT2D eigenvalue weighted by atomic mass is 127. The first kappa shape index (κ1) is 13.0. The normalized spacial score (nSPS) is 13.0. The molecule has 1 aromatic carbocycles. The van der Waals surface area contributed by atoms with E-state index in [0.717, 1.165) is 0 Å². The zero-order valence-electron chi connectivity index (χ0n) is 9.97. The molecule has 0 saturated heterocycles. The summed E-state index contributed by atoms with van der Waals surface area (Å²) in [6.45, 7) is 9.46. The second-order valence-electron chi connectivity index (χ2n) is 5.19. The highest BCUT2D eigenvalue weighted by Crippen LogP contribution is 2.23. The molecule has 0 amide bonds. The van der Waals surface area contributed by atoms with Gasteiger partial charge >= 0.3 is 0 Å². The maximum Gasteiger partial charge on any atom is 0.0487 e. The number of allylic oxidation sites excluding steroid dienone is 1. The molecule has 0 aliphatic carbocycles. The molecule has 0 heterocycles. The number of rotatable bonds is 3. The van der Waals surface area contributed by atoms with Crippen LogP contribution in [0.3, 0.4) is 0 Å². The fourth-order valence-corrected chi connectivity index (χ4v) is 3.48. The minimum Gasteiger partial charge on any atom is -0.0693 e. The first-order valence-electron chi connectivity index (χ1n) is 5.29. The highest BCUT2D eigenvalue weighted by Gasteiger charge is 2.16. The lowest BCUT2D eigenvalue weighted by Gasteiger charge is -2.18. The molecule has 0 atom stereocenters. The molecule has 2 heteroatoms. The zero-order valence-corrected chi connectivity index (χ0v) is 13.1. The Kier molecular flexibility index (Phi) is 4.58. The van der Waals surface area contributed by atoms with E-state index in [2.05, 4.69) is 77.5 Å². The molecule has 0 fully saturated rings. The summed E-state index contributed by atoms with van der Waals surface area (Å²) in [6, 6.07) is 10.1. The van der Waals surface area contributed by atoms with Crippen LogP contribution in [-0.4, -0.2) is 8.07 Å². The van der Waals surface area contributed by atoms with E-state index in [1.54, 1.807) is 0 Å². The molecule has 0 aromatic heterocycles. The van der Waals surface area contributed by atoms with Gasteiger partial charge in [0.15, 0.2) is 0 Å². The fourth-order valence-electron chi connectivity index (χ4n) is 1.69. The second-order valence-corrected chi connectivity index (χ2v) is 11.3. The molecule has 0 aliphatic rings. The predicted molar refractivity (Wildman–Crippen MR) is 81.2 cm³/mol. The van der Waals surface area contributed by atoms with Gasteiger partial charge in [-0.05, 0) is 33.8 Å². The highest BCUT2D eigenvalue weighted by molar-refractivity contribution is 14.1. The van der Waals surface area contributed by atoms with Crippen molar-refractivity contribution in [3.05, 3.63) is 39.5 Å². The fraction of sp³-hybridized carbons (Fsp3) is 0.385. The standard InChI is InChI=1S/C13H19ISi/c1-11(9-14)13-8-6-5-7-12(13)10-15(2,3)4/h5-9H,10H2,1-4H3/b11-9+. The average Bonchev–Trinajstić information content (AvgIpc) is 2.15. The van der Waals surface area contributed by atoms with Gasteiger partial charge in [0, 0.05) is 8.07 Å². The molecule has 1 rings (SSSR count). The van der Waals surface area contributed by atoms with Crippen molar-refractivity contribution >= 4 is 36.2 Å². The van der Waals surface area contributed by atoms with Crippen LogP contribution in [0.1, 0.15) is 18.1 Å². The molecule has 0 N–H and O–H groups in total. The van der Waals surface area contributed by atoms with Crippen LogP contribution in [0.4, 0.5) is 0 Å². The lowest BCUT2D eigenvalue weighted by Crippen LogP contribution is -2.24. The molecule has 0 unspecified atom stereocenters. The molecule has 0 aliphatic heterocycles. The first-order valence-corrected chi connectivity index (χ1v) is 10.2. The topological polar surface area (TPSA) is 0 Å². The van der Waals surface area contributed by atoms with Crippen molar-refractivity contribution in [2.45, 2.75) is 32.6 Å². The molecule has 15 heavy (non-hydrogen) atoms. The second kappa shape index (κ2) is 5.30. The minimum atomic E-state index is -1.02. The Hall–Kier alpha value is -0.0931. The van der Waals surface area contributed by atoms with Gasteiger partial charge in [0.1, 0.15) is 0 Å². The van der Waals surface area contributed by atoms with Gasteiger partial charge in [-0.25, -0.2) is 0 Å². The third-order valence-electron chi connectivity index (χ3n) is 2.33. The molecule has 0 nitrogen and oxygen atoms in total. The molecule has 0 bridgehead atoms. The summed E-state index contributed by atoms with van der Waals surface area (Å²) in [5, 5.41) is 0. The Morgan fingerprint density at radius 1 is 1.27 bits per heavy atom. The van der Waals surface area contributed by atoms with E-state index in [4.69, 9.17) is 0 Å². The van der Waals surface area contributed by atoms with Crippen LogP contribution in [-0.2, 0) is 6.04 Å². The van der Waals surface area contributed by atoms with E-state index in [1.807, 2.05) is 0 Å². The lowest BCUT2D eigenvalue weighted by atomic mass is 10.0. The van der Waals surface area contributed by atoms with Crippen LogP contribution in [0.15, 0.2) is 28.3 Å². The van der Waals surface area contributed by atoms with Gasteiger partial charge in [0.05, 0.1) is 0 Å². The monoisotopic (exact) mass is 330 g/mol. The molecular weight excluding hydrogens is 311 g/mol. The summed E-state index contributed by atoms with van der Waals surface area (Å²) in [7, 11) is -1.02. The van der Waals surface area contributed by atoms with Gasteiger partial charge < -0.3 is 0 Å². The van der Waals surface area contributed by atoms with E-state index in [1.165, 1.54) is 22.7 Å².